The highest BCUT2D eigenvalue weighted by Gasteiger charge is 2.42. The number of methoxy groups -OCH3 is 1. The maximum absolute atomic E-state index is 12.5. The Bertz CT molecular complexity index is 726. The lowest BCUT2D eigenvalue weighted by Gasteiger charge is -2.22. The van der Waals surface area contributed by atoms with Crippen LogP contribution in [0.15, 0.2) is 31.0 Å². The van der Waals surface area contributed by atoms with Gasteiger partial charge in [-0.15, -0.1) is 0 Å². The van der Waals surface area contributed by atoms with Crippen LogP contribution in [0.5, 0.6) is 5.88 Å². The van der Waals surface area contributed by atoms with Crippen LogP contribution in [0.4, 0.5) is 5.82 Å². The zero-order valence-electron chi connectivity index (χ0n) is 13.4. The number of carbonyl (C=O) groups excluding carboxylic acids is 1. The summed E-state index contributed by atoms with van der Waals surface area (Å²) in [6.45, 7) is 3.27. The van der Waals surface area contributed by atoms with E-state index >= 15 is 0 Å². The van der Waals surface area contributed by atoms with Crippen molar-refractivity contribution in [2.24, 2.45) is 11.8 Å². The second-order valence-corrected chi connectivity index (χ2v) is 6.14. The van der Waals surface area contributed by atoms with Gasteiger partial charge in [0.15, 0.2) is 0 Å². The highest BCUT2D eigenvalue weighted by molar-refractivity contribution is 5.92. The molecule has 24 heavy (non-hydrogen) atoms. The van der Waals surface area contributed by atoms with Crippen LogP contribution >= 0.6 is 0 Å². The third-order valence-corrected chi connectivity index (χ3v) is 4.72. The molecule has 0 saturated carbocycles. The third-order valence-electron chi connectivity index (χ3n) is 4.72. The van der Waals surface area contributed by atoms with Crippen molar-refractivity contribution in [1.82, 2.24) is 24.8 Å². The van der Waals surface area contributed by atoms with Crippen LogP contribution in [0.1, 0.15) is 10.5 Å². The predicted octanol–water partition coefficient (Wildman–Crippen LogP) is 0.484. The zero-order valence-corrected chi connectivity index (χ0v) is 13.4. The molecule has 0 spiro atoms. The van der Waals surface area contributed by atoms with Gasteiger partial charge < -0.3 is 14.5 Å². The van der Waals surface area contributed by atoms with Crippen molar-refractivity contribution in [3.05, 3.63) is 36.7 Å². The van der Waals surface area contributed by atoms with Gasteiger partial charge in [-0.1, -0.05) is 0 Å². The number of aromatic nitrogens is 4. The summed E-state index contributed by atoms with van der Waals surface area (Å²) in [7, 11) is 1.60. The fourth-order valence-electron chi connectivity index (χ4n) is 3.53. The van der Waals surface area contributed by atoms with Crippen LogP contribution in [0.25, 0.3) is 0 Å². The van der Waals surface area contributed by atoms with Gasteiger partial charge in [-0.2, -0.15) is 0 Å². The highest BCUT2D eigenvalue weighted by atomic mass is 16.5. The number of amides is 1. The molecular formula is C16H18N6O2. The van der Waals surface area contributed by atoms with Gasteiger partial charge in [-0.3, -0.25) is 9.78 Å². The number of carbonyl (C=O) groups is 1. The molecule has 4 heterocycles. The van der Waals surface area contributed by atoms with E-state index < -0.39 is 0 Å². The number of likely N-dealkylation sites (tertiary alicyclic amines) is 1. The number of rotatable bonds is 3. The second-order valence-electron chi connectivity index (χ2n) is 6.14. The Hall–Kier alpha value is -2.77. The van der Waals surface area contributed by atoms with Crippen LogP contribution in [0.3, 0.4) is 0 Å². The van der Waals surface area contributed by atoms with Crippen LogP contribution in [0, 0.1) is 11.8 Å². The standard InChI is InChI=1S/C16H18N6O2/c1-24-15-4-14(19-10-20-15)21-6-11-8-22(9-12(11)7-21)16(23)13-5-17-2-3-18-13/h2-5,10-12H,6-9H2,1H3/t11-,12+. The molecule has 2 aliphatic rings. The van der Waals surface area contributed by atoms with E-state index in [0.29, 0.717) is 23.4 Å². The molecular weight excluding hydrogens is 308 g/mol. The minimum Gasteiger partial charge on any atom is -0.481 e. The first-order chi connectivity index (χ1) is 11.7. The Morgan fingerprint density at radius 2 is 1.92 bits per heavy atom. The Kier molecular flexibility index (Phi) is 3.72. The van der Waals surface area contributed by atoms with Crippen LogP contribution in [-0.2, 0) is 0 Å². The lowest BCUT2D eigenvalue weighted by molar-refractivity contribution is 0.0776. The Labute approximate surface area is 139 Å². The number of hydrogen-bond acceptors (Lipinski definition) is 7. The Balaban J connectivity index is 1.42. The van der Waals surface area contributed by atoms with Crippen LogP contribution in [-0.4, -0.2) is 64.0 Å². The molecule has 2 fully saturated rings. The molecule has 8 nitrogen and oxygen atoms in total. The average Bonchev–Trinajstić information content (AvgIpc) is 3.21. The molecule has 2 saturated heterocycles. The summed E-state index contributed by atoms with van der Waals surface area (Å²) in [4.78, 5) is 33.1. The van der Waals surface area contributed by atoms with E-state index in [2.05, 4.69) is 24.8 Å². The topological polar surface area (TPSA) is 84.3 Å². The van der Waals surface area contributed by atoms with Gasteiger partial charge in [-0.05, 0) is 0 Å². The second kappa shape index (κ2) is 6.03. The first-order valence-corrected chi connectivity index (χ1v) is 7.91. The summed E-state index contributed by atoms with van der Waals surface area (Å²) in [6, 6.07) is 1.85. The summed E-state index contributed by atoms with van der Waals surface area (Å²) in [5, 5.41) is 0. The monoisotopic (exact) mass is 326 g/mol. The molecule has 2 aromatic heterocycles. The van der Waals surface area contributed by atoms with E-state index in [4.69, 9.17) is 4.74 Å². The molecule has 0 aromatic carbocycles. The van der Waals surface area contributed by atoms with E-state index in [9.17, 15) is 4.79 Å². The number of anilines is 1. The first kappa shape index (κ1) is 14.8. The van der Waals surface area contributed by atoms with E-state index in [1.165, 1.54) is 12.5 Å². The molecule has 0 unspecified atom stereocenters. The van der Waals surface area contributed by atoms with E-state index in [1.54, 1.807) is 19.5 Å². The molecule has 0 aliphatic carbocycles. The predicted molar refractivity (Wildman–Crippen MR) is 85.7 cm³/mol. The van der Waals surface area contributed by atoms with Crippen molar-refractivity contribution in [3.8, 4) is 5.88 Å². The van der Waals surface area contributed by atoms with Crippen molar-refractivity contribution >= 4 is 11.7 Å². The van der Waals surface area contributed by atoms with Gasteiger partial charge >= 0.3 is 0 Å². The molecule has 0 N–H and O–H groups in total. The van der Waals surface area contributed by atoms with Crippen molar-refractivity contribution in [2.45, 2.75) is 0 Å². The SMILES string of the molecule is COc1cc(N2C[C@H]3CN(C(=O)c4cnccn4)C[C@H]3C2)ncn1. The molecule has 124 valence electrons. The lowest BCUT2D eigenvalue weighted by Crippen LogP contribution is -2.34. The van der Waals surface area contributed by atoms with Gasteiger partial charge in [-0.25, -0.2) is 15.0 Å². The maximum atomic E-state index is 12.5. The van der Waals surface area contributed by atoms with Crippen molar-refractivity contribution < 1.29 is 9.53 Å². The Morgan fingerprint density at radius 3 is 2.58 bits per heavy atom. The minimum absolute atomic E-state index is 0.0345. The minimum atomic E-state index is -0.0345. The Morgan fingerprint density at radius 1 is 1.12 bits per heavy atom. The van der Waals surface area contributed by atoms with E-state index in [0.717, 1.165) is 32.0 Å². The summed E-state index contributed by atoms with van der Waals surface area (Å²) in [5.74, 6) is 2.31. The summed E-state index contributed by atoms with van der Waals surface area (Å²) in [6.07, 6.45) is 6.17. The number of nitrogens with zero attached hydrogens (tertiary/aromatic N) is 6. The van der Waals surface area contributed by atoms with Gasteiger partial charge in [0.1, 0.15) is 17.8 Å². The number of hydrogen-bond donors (Lipinski definition) is 0. The van der Waals surface area contributed by atoms with E-state index in [-0.39, 0.29) is 5.91 Å². The fourth-order valence-corrected chi connectivity index (χ4v) is 3.53. The molecule has 0 bridgehead atoms. The molecule has 2 aliphatic heterocycles. The molecule has 8 heteroatoms. The van der Waals surface area contributed by atoms with Crippen molar-refractivity contribution in [3.63, 3.8) is 0 Å². The molecule has 1 amide bonds. The summed E-state index contributed by atoms with van der Waals surface area (Å²) in [5.41, 5.74) is 0.412. The largest absolute Gasteiger partial charge is 0.481 e. The van der Waals surface area contributed by atoms with Crippen LogP contribution < -0.4 is 9.64 Å². The van der Waals surface area contributed by atoms with Gasteiger partial charge in [0.2, 0.25) is 5.88 Å². The first-order valence-electron chi connectivity index (χ1n) is 7.91. The maximum Gasteiger partial charge on any atom is 0.274 e. The van der Waals surface area contributed by atoms with Crippen LogP contribution in [0.2, 0.25) is 0 Å². The summed E-state index contributed by atoms with van der Waals surface area (Å²) >= 11 is 0. The third kappa shape index (κ3) is 2.64. The molecule has 2 atom stereocenters. The summed E-state index contributed by atoms with van der Waals surface area (Å²) < 4.78 is 5.16. The fraction of sp³-hybridized carbons (Fsp3) is 0.438. The molecule has 0 radical (unpaired) electrons. The van der Waals surface area contributed by atoms with Gasteiger partial charge in [0, 0.05) is 56.5 Å². The van der Waals surface area contributed by atoms with Crippen molar-refractivity contribution in [1.29, 1.82) is 0 Å². The molecule has 2 aromatic rings. The number of fused-ring (bicyclic) bond motifs is 1. The number of ether oxygens (including phenoxy) is 1. The van der Waals surface area contributed by atoms with Gasteiger partial charge in [0.25, 0.3) is 5.91 Å². The smallest absolute Gasteiger partial charge is 0.274 e. The van der Waals surface area contributed by atoms with Crippen molar-refractivity contribution in [2.75, 3.05) is 38.2 Å². The highest BCUT2D eigenvalue weighted by Crippen LogP contribution is 2.34. The zero-order chi connectivity index (χ0) is 16.5. The molecule has 4 rings (SSSR count). The lowest BCUT2D eigenvalue weighted by atomic mass is 10.0. The quantitative estimate of drug-likeness (QED) is 0.811. The van der Waals surface area contributed by atoms with Gasteiger partial charge in [0.05, 0.1) is 13.3 Å². The normalized spacial score (nSPS) is 22.5. The van der Waals surface area contributed by atoms with E-state index in [1.807, 2.05) is 11.0 Å². The average molecular weight is 326 g/mol.